The third-order valence-corrected chi connectivity index (χ3v) is 6.73. The highest BCUT2D eigenvalue weighted by Gasteiger charge is 2.19. The SMILES string of the molecule is Nc1nnc(CN(Cc2ccc(OC3CCNCC3)cc2)C(=O)CSc2ccccc2Cl)o1. The molecule has 2 heterocycles. The summed E-state index contributed by atoms with van der Waals surface area (Å²) in [7, 11) is 0. The van der Waals surface area contributed by atoms with Crippen LogP contribution in [0.1, 0.15) is 24.3 Å². The van der Waals surface area contributed by atoms with Gasteiger partial charge in [0, 0.05) is 11.4 Å². The Bertz CT molecular complexity index is 1060. The molecule has 3 aromatic rings. The molecule has 2 aromatic carbocycles. The van der Waals surface area contributed by atoms with Gasteiger partial charge in [-0.25, -0.2) is 0 Å². The number of thioether (sulfide) groups is 1. The first-order chi connectivity index (χ1) is 16.1. The van der Waals surface area contributed by atoms with Crippen LogP contribution in [0.15, 0.2) is 57.8 Å². The van der Waals surface area contributed by atoms with E-state index < -0.39 is 0 Å². The Morgan fingerprint density at radius 3 is 2.61 bits per heavy atom. The largest absolute Gasteiger partial charge is 0.490 e. The first kappa shape index (κ1) is 23.4. The summed E-state index contributed by atoms with van der Waals surface area (Å²) in [4.78, 5) is 15.6. The summed E-state index contributed by atoms with van der Waals surface area (Å²) in [6.45, 7) is 2.51. The predicted octanol–water partition coefficient (Wildman–Crippen LogP) is 3.76. The van der Waals surface area contributed by atoms with Gasteiger partial charge in [0.15, 0.2) is 0 Å². The number of rotatable bonds is 9. The van der Waals surface area contributed by atoms with E-state index in [9.17, 15) is 4.79 Å². The van der Waals surface area contributed by atoms with Crippen LogP contribution in [0.25, 0.3) is 0 Å². The highest BCUT2D eigenvalue weighted by Crippen LogP contribution is 2.27. The molecule has 10 heteroatoms. The average Bonchev–Trinajstić information content (AvgIpc) is 3.24. The van der Waals surface area contributed by atoms with Gasteiger partial charge in [-0.1, -0.05) is 41.0 Å². The molecule has 0 bridgehead atoms. The van der Waals surface area contributed by atoms with Crippen molar-refractivity contribution in [2.45, 2.75) is 36.9 Å². The molecule has 8 nitrogen and oxygen atoms in total. The molecule has 4 rings (SSSR count). The molecule has 0 saturated carbocycles. The van der Waals surface area contributed by atoms with Crippen molar-refractivity contribution in [2.75, 3.05) is 24.6 Å². The van der Waals surface area contributed by atoms with Crippen LogP contribution in [-0.4, -0.2) is 46.0 Å². The zero-order valence-corrected chi connectivity index (χ0v) is 19.6. The third-order valence-electron chi connectivity index (χ3n) is 5.23. The molecule has 33 heavy (non-hydrogen) atoms. The van der Waals surface area contributed by atoms with Crippen molar-refractivity contribution in [3.8, 4) is 5.75 Å². The number of carbonyl (C=O) groups excluding carboxylic acids is 1. The monoisotopic (exact) mass is 487 g/mol. The number of aromatic nitrogens is 2. The minimum absolute atomic E-state index is 0.0257. The third kappa shape index (κ3) is 6.86. The van der Waals surface area contributed by atoms with Crippen LogP contribution in [-0.2, 0) is 17.9 Å². The zero-order chi connectivity index (χ0) is 23.0. The molecule has 1 saturated heterocycles. The molecule has 0 aliphatic carbocycles. The Hall–Kier alpha value is -2.75. The number of benzene rings is 2. The molecule has 1 aliphatic heterocycles. The lowest BCUT2D eigenvalue weighted by molar-refractivity contribution is -0.129. The fourth-order valence-electron chi connectivity index (χ4n) is 3.52. The summed E-state index contributed by atoms with van der Waals surface area (Å²) in [5.74, 6) is 1.27. The number of amides is 1. The normalized spacial score (nSPS) is 14.2. The molecule has 1 amide bonds. The number of halogens is 1. The van der Waals surface area contributed by atoms with Crippen molar-refractivity contribution in [2.24, 2.45) is 0 Å². The van der Waals surface area contributed by atoms with Gasteiger partial charge in [-0.3, -0.25) is 4.79 Å². The number of piperidine rings is 1. The standard InChI is InChI=1S/C23H26ClN5O3S/c24-19-3-1-2-4-20(19)33-15-22(30)29(14-21-27-28-23(25)32-21)13-16-5-7-17(8-6-16)31-18-9-11-26-12-10-18/h1-8,18,26H,9-15H2,(H2,25,28). The number of nitrogens with one attached hydrogen (secondary N) is 1. The lowest BCUT2D eigenvalue weighted by atomic mass is 10.1. The zero-order valence-electron chi connectivity index (χ0n) is 18.1. The summed E-state index contributed by atoms with van der Waals surface area (Å²) in [5.41, 5.74) is 6.52. The molecule has 0 spiro atoms. The van der Waals surface area contributed by atoms with Gasteiger partial charge >= 0.3 is 6.01 Å². The first-order valence-corrected chi connectivity index (χ1v) is 12.1. The lowest BCUT2D eigenvalue weighted by Gasteiger charge is -2.24. The first-order valence-electron chi connectivity index (χ1n) is 10.8. The van der Waals surface area contributed by atoms with E-state index in [1.807, 2.05) is 42.5 Å². The minimum atomic E-state index is -0.0771. The van der Waals surface area contributed by atoms with E-state index in [1.165, 1.54) is 11.8 Å². The van der Waals surface area contributed by atoms with Gasteiger partial charge in [0.05, 0.1) is 17.3 Å². The second kappa shape index (κ2) is 11.4. The van der Waals surface area contributed by atoms with Crippen LogP contribution in [0.5, 0.6) is 5.75 Å². The Balaban J connectivity index is 1.41. The molecular weight excluding hydrogens is 462 g/mol. The number of carbonyl (C=O) groups is 1. The maximum atomic E-state index is 13.1. The second-order valence-electron chi connectivity index (χ2n) is 7.71. The van der Waals surface area contributed by atoms with E-state index in [-0.39, 0.29) is 36.2 Å². The van der Waals surface area contributed by atoms with E-state index in [1.54, 1.807) is 11.0 Å². The Morgan fingerprint density at radius 2 is 1.91 bits per heavy atom. The van der Waals surface area contributed by atoms with Crippen LogP contribution in [0.3, 0.4) is 0 Å². The van der Waals surface area contributed by atoms with Crippen molar-refractivity contribution < 1.29 is 13.9 Å². The van der Waals surface area contributed by atoms with Gasteiger partial charge < -0.3 is 25.1 Å². The summed E-state index contributed by atoms with van der Waals surface area (Å²) in [6, 6.07) is 15.3. The number of hydrogen-bond donors (Lipinski definition) is 2. The fraction of sp³-hybridized carbons (Fsp3) is 0.348. The molecule has 0 unspecified atom stereocenters. The number of nitrogens with two attached hydrogens (primary N) is 1. The quantitative estimate of drug-likeness (QED) is 0.439. The highest BCUT2D eigenvalue weighted by atomic mass is 35.5. The van der Waals surface area contributed by atoms with Gasteiger partial charge in [0.1, 0.15) is 11.9 Å². The fourth-order valence-corrected chi connectivity index (χ4v) is 4.66. The van der Waals surface area contributed by atoms with Gasteiger partial charge in [0.25, 0.3) is 0 Å². The van der Waals surface area contributed by atoms with Crippen molar-refractivity contribution in [3.05, 3.63) is 65.0 Å². The number of nitrogens with zero attached hydrogens (tertiary/aromatic N) is 3. The average molecular weight is 488 g/mol. The van der Waals surface area contributed by atoms with Crippen molar-refractivity contribution >= 4 is 35.3 Å². The summed E-state index contributed by atoms with van der Waals surface area (Å²) >= 11 is 7.62. The topological polar surface area (TPSA) is 107 Å². The molecular formula is C23H26ClN5O3S. The Kier molecular flexibility index (Phi) is 8.09. The van der Waals surface area contributed by atoms with Gasteiger partial charge in [-0.2, -0.15) is 0 Å². The molecule has 1 fully saturated rings. The van der Waals surface area contributed by atoms with E-state index in [0.717, 1.165) is 42.1 Å². The van der Waals surface area contributed by atoms with E-state index in [0.29, 0.717) is 11.6 Å². The maximum absolute atomic E-state index is 13.1. The van der Waals surface area contributed by atoms with Crippen molar-refractivity contribution in [3.63, 3.8) is 0 Å². The van der Waals surface area contributed by atoms with Crippen LogP contribution < -0.4 is 15.8 Å². The highest BCUT2D eigenvalue weighted by molar-refractivity contribution is 8.00. The molecule has 3 N–H and O–H groups in total. The van der Waals surface area contributed by atoms with E-state index in [2.05, 4.69) is 15.5 Å². The molecule has 0 radical (unpaired) electrons. The van der Waals surface area contributed by atoms with Gasteiger partial charge in [-0.05, 0) is 55.8 Å². The molecule has 174 valence electrons. The lowest BCUT2D eigenvalue weighted by Crippen LogP contribution is -2.34. The maximum Gasteiger partial charge on any atom is 0.312 e. The van der Waals surface area contributed by atoms with Crippen LogP contribution in [0.4, 0.5) is 6.01 Å². The number of anilines is 1. The summed E-state index contributed by atoms with van der Waals surface area (Å²) in [5, 5.41) is 11.5. The number of ether oxygens (including phenoxy) is 1. The minimum Gasteiger partial charge on any atom is -0.490 e. The predicted molar refractivity (Wildman–Crippen MR) is 128 cm³/mol. The van der Waals surface area contributed by atoms with Crippen molar-refractivity contribution in [1.82, 2.24) is 20.4 Å². The van der Waals surface area contributed by atoms with E-state index >= 15 is 0 Å². The van der Waals surface area contributed by atoms with Crippen LogP contribution in [0, 0.1) is 0 Å². The smallest absolute Gasteiger partial charge is 0.312 e. The Morgan fingerprint density at radius 1 is 1.15 bits per heavy atom. The number of hydrogen-bond acceptors (Lipinski definition) is 8. The molecule has 1 aromatic heterocycles. The van der Waals surface area contributed by atoms with Crippen LogP contribution in [0.2, 0.25) is 5.02 Å². The summed E-state index contributed by atoms with van der Waals surface area (Å²) < 4.78 is 11.4. The summed E-state index contributed by atoms with van der Waals surface area (Å²) in [6.07, 6.45) is 2.24. The second-order valence-corrected chi connectivity index (χ2v) is 9.14. The van der Waals surface area contributed by atoms with Crippen LogP contribution >= 0.6 is 23.4 Å². The number of nitrogen functional groups attached to an aromatic ring is 1. The van der Waals surface area contributed by atoms with E-state index in [4.69, 9.17) is 26.5 Å². The van der Waals surface area contributed by atoms with Gasteiger partial charge in [-0.15, -0.1) is 16.9 Å². The Labute approximate surface area is 201 Å². The van der Waals surface area contributed by atoms with Gasteiger partial charge in [0.2, 0.25) is 11.8 Å². The molecule has 1 aliphatic rings. The van der Waals surface area contributed by atoms with Crippen molar-refractivity contribution in [1.29, 1.82) is 0 Å². The molecule has 0 atom stereocenters.